The van der Waals surface area contributed by atoms with E-state index in [9.17, 15) is 0 Å². The fourth-order valence-corrected chi connectivity index (χ4v) is 5.78. The summed E-state index contributed by atoms with van der Waals surface area (Å²) < 4.78 is 5.70. The van der Waals surface area contributed by atoms with Crippen LogP contribution in [-0.4, -0.2) is 0 Å². The van der Waals surface area contributed by atoms with Crippen molar-refractivity contribution >= 4 is 0 Å². The molecule has 4 aliphatic carbocycles. The van der Waals surface area contributed by atoms with Crippen molar-refractivity contribution in [3.63, 3.8) is 0 Å². The first-order valence-electron chi connectivity index (χ1n) is 7.48. The summed E-state index contributed by atoms with van der Waals surface area (Å²) in [6.07, 6.45) is 10.6. The van der Waals surface area contributed by atoms with E-state index in [4.69, 9.17) is 10.2 Å². The van der Waals surface area contributed by atoms with E-state index in [0.29, 0.717) is 12.0 Å². The maximum absolute atomic E-state index is 5.92. The second kappa shape index (κ2) is 3.63. The third-order valence-corrected chi connectivity index (χ3v) is 5.84. The van der Waals surface area contributed by atoms with Crippen molar-refractivity contribution in [2.45, 2.75) is 57.4 Å². The zero-order chi connectivity index (χ0) is 12.3. The Balaban J connectivity index is 1.81. The van der Waals surface area contributed by atoms with Crippen molar-refractivity contribution in [3.8, 4) is 0 Å². The zero-order valence-corrected chi connectivity index (χ0v) is 11.2. The van der Waals surface area contributed by atoms with Gasteiger partial charge in [-0.3, -0.25) is 0 Å². The summed E-state index contributed by atoms with van der Waals surface area (Å²) in [5.74, 6) is 4.08. The van der Waals surface area contributed by atoms with Gasteiger partial charge in [0.2, 0.25) is 0 Å². The third-order valence-electron chi connectivity index (χ3n) is 5.84. The van der Waals surface area contributed by atoms with Crippen LogP contribution in [0.4, 0.5) is 0 Å². The molecule has 98 valence electrons. The Kier molecular flexibility index (Phi) is 2.24. The van der Waals surface area contributed by atoms with Crippen LogP contribution in [0.3, 0.4) is 0 Å². The smallest absolute Gasteiger partial charge is 0.104 e. The number of nitrogens with two attached hydrogens (primary N) is 1. The van der Waals surface area contributed by atoms with Gasteiger partial charge in [0.15, 0.2) is 0 Å². The minimum atomic E-state index is 0.431. The monoisotopic (exact) mass is 245 g/mol. The molecule has 18 heavy (non-hydrogen) atoms. The summed E-state index contributed by atoms with van der Waals surface area (Å²) in [4.78, 5) is 0. The van der Waals surface area contributed by atoms with E-state index >= 15 is 0 Å². The van der Waals surface area contributed by atoms with Gasteiger partial charge in [-0.1, -0.05) is 0 Å². The molecule has 4 bridgehead atoms. The summed E-state index contributed by atoms with van der Waals surface area (Å²) in [7, 11) is 0. The lowest BCUT2D eigenvalue weighted by molar-refractivity contribution is -0.00613. The first kappa shape index (κ1) is 11.1. The van der Waals surface area contributed by atoms with Crippen LogP contribution in [0.25, 0.3) is 0 Å². The van der Waals surface area contributed by atoms with E-state index in [-0.39, 0.29) is 0 Å². The van der Waals surface area contributed by atoms with Gasteiger partial charge in [-0.15, -0.1) is 0 Å². The molecular formula is C16H23NO. The van der Waals surface area contributed by atoms with Gasteiger partial charge in [0, 0.05) is 17.7 Å². The standard InChI is InChI=1S/C16H23NO/c1-10-15(14(8-17)9-18-10)16-5-11-2-12(6-16)4-13(3-11)7-16/h9,11-13H,2-8,17H2,1H3. The minimum Gasteiger partial charge on any atom is -0.469 e. The Morgan fingerprint density at radius 1 is 1.17 bits per heavy atom. The van der Waals surface area contributed by atoms with Gasteiger partial charge < -0.3 is 10.2 Å². The fraction of sp³-hybridized carbons (Fsp3) is 0.750. The highest BCUT2D eigenvalue weighted by Gasteiger charge is 2.53. The van der Waals surface area contributed by atoms with Gasteiger partial charge in [-0.05, 0) is 68.6 Å². The van der Waals surface area contributed by atoms with Crippen LogP contribution >= 0.6 is 0 Å². The molecule has 4 aliphatic rings. The second-order valence-corrected chi connectivity index (χ2v) is 7.09. The van der Waals surface area contributed by atoms with Crippen LogP contribution in [-0.2, 0) is 12.0 Å². The molecule has 0 amide bonds. The normalized spacial score (nSPS) is 41.6. The predicted octanol–water partition coefficient (Wildman–Crippen LogP) is 3.51. The number of hydrogen-bond donors (Lipinski definition) is 1. The van der Waals surface area contributed by atoms with Gasteiger partial charge in [0.25, 0.3) is 0 Å². The molecule has 0 atom stereocenters. The summed E-state index contributed by atoms with van der Waals surface area (Å²) in [5.41, 5.74) is 9.13. The first-order valence-corrected chi connectivity index (χ1v) is 7.48. The van der Waals surface area contributed by atoms with E-state index in [2.05, 4.69) is 6.92 Å². The molecule has 1 heterocycles. The first-order chi connectivity index (χ1) is 8.70. The van der Waals surface area contributed by atoms with E-state index in [1.54, 1.807) is 0 Å². The Hall–Kier alpha value is -0.760. The molecule has 4 fully saturated rings. The maximum atomic E-state index is 5.92. The Morgan fingerprint density at radius 2 is 1.72 bits per heavy atom. The summed E-state index contributed by atoms with van der Waals surface area (Å²) in [6.45, 7) is 2.77. The Labute approximate surface area is 109 Å². The van der Waals surface area contributed by atoms with Gasteiger partial charge >= 0.3 is 0 Å². The van der Waals surface area contributed by atoms with Gasteiger partial charge in [0.1, 0.15) is 5.76 Å². The van der Waals surface area contributed by atoms with Crippen LogP contribution in [0.5, 0.6) is 0 Å². The lowest BCUT2D eigenvalue weighted by Gasteiger charge is -2.57. The van der Waals surface area contributed by atoms with Crippen LogP contribution in [0.1, 0.15) is 55.4 Å². The molecular weight excluding hydrogens is 222 g/mol. The maximum Gasteiger partial charge on any atom is 0.104 e. The van der Waals surface area contributed by atoms with Crippen molar-refractivity contribution < 1.29 is 4.42 Å². The summed E-state index contributed by atoms with van der Waals surface area (Å²) in [6, 6.07) is 0. The van der Waals surface area contributed by atoms with Crippen molar-refractivity contribution in [1.82, 2.24) is 0 Å². The number of furan rings is 1. The van der Waals surface area contributed by atoms with Crippen LogP contribution in [0.2, 0.25) is 0 Å². The van der Waals surface area contributed by atoms with Crippen molar-refractivity contribution in [3.05, 3.63) is 23.2 Å². The van der Waals surface area contributed by atoms with Crippen LogP contribution in [0.15, 0.2) is 10.7 Å². The van der Waals surface area contributed by atoms with E-state index in [1.807, 2.05) is 6.26 Å². The number of rotatable bonds is 2. The minimum absolute atomic E-state index is 0.431. The molecule has 2 nitrogen and oxygen atoms in total. The third kappa shape index (κ3) is 1.38. The molecule has 0 unspecified atom stereocenters. The lowest BCUT2D eigenvalue weighted by Crippen LogP contribution is -2.49. The predicted molar refractivity (Wildman–Crippen MR) is 71.2 cm³/mol. The average Bonchev–Trinajstić information content (AvgIpc) is 2.69. The van der Waals surface area contributed by atoms with Crippen molar-refractivity contribution in [1.29, 1.82) is 0 Å². The lowest BCUT2D eigenvalue weighted by atomic mass is 9.47. The summed E-state index contributed by atoms with van der Waals surface area (Å²) in [5, 5.41) is 0. The van der Waals surface area contributed by atoms with Gasteiger partial charge in [-0.2, -0.15) is 0 Å². The largest absolute Gasteiger partial charge is 0.469 e. The highest BCUT2D eigenvalue weighted by Crippen LogP contribution is 2.61. The van der Waals surface area contributed by atoms with E-state index in [1.165, 1.54) is 49.7 Å². The average molecular weight is 245 g/mol. The van der Waals surface area contributed by atoms with Crippen molar-refractivity contribution in [2.24, 2.45) is 23.5 Å². The highest BCUT2D eigenvalue weighted by molar-refractivity contribution is 5.38. The summed E-state index contributed by atoms with van der Waals surface area (Å²) >= 11 is 0. The fourth-order valence-electron chi connectivity index (χ4n) is 5.78. The molecule has 1 aromatic heterocycles. The number of aryl methyl sites for hydroxylation is 1. The second-order valence-electron chi connectivity index (χ2n) is 7.09. The Bertz CT molecular complexity index is 438. The molecule has 0 spiro atoms. The molecule has 4 saturated carbocycles. The number of hydrogen-bond acceptors (Lipinski definition) is 2. The van der Waals surface area contributed by atoms with E-state index < -0.39 is 0 Å². The molecule has 2 N–H and O–H groups in total. The zero-order valence-electron chi connectivity index (χ0n) is 11.2. The molecule has 0 radical (unpaired) electrons. The van der Waals surface area contributed by atoms with Gasteiger partial charge in [0.05, 0.1) is 6.26 Å². The van der Waals surface area contributed by atoms with Crippen molar-refractivity contribution in [2.75, 3.05) is 0 Å². The quantitative estimate of drug-likeness (QED) is 0.866. The molecule has 2 heteroatoms. The molecule has 0 aliphatic heterocycles. The molecule has 1 aromatic rings. The van der Waals surface area contributed by atoms with Crippen LogP contribution < -0.4 is 5.73 Å². The molecule has 5 rings (SSSR count). The van der Waals surface area contributed by atoms with Gasteiger partial charge in [-0.25, -0.2) is 0 Å². The topological polar surface area (TPSA) is 39.2 Å². The molecule has 0 saturated heterocycles. The highest BCUT2D eigenvalue weighted by atomic mass is 16.3. The van der Waals surface area contributed by atoms with Crippen LogP contribution in [0, 0.1) is 24.7 Å². The Morgan fingerprint density at radius 3 is 2.22 bits per heavy atom. The SMILES string of the molecule is Cc1occ(CN)c1C12CC3CC(CC(C3)C1)C2. The van der Waals surface area contributed by atoms with E-state index in [0.717, 1.165) is 23.5 Å². The molecule has 0 aromatic carbocycles.